The second-order valence-electron chi connectivity index (χ2n) is 3.70. The Balaban J connectivity index is 3.07. The lowest BCUT2D eigenvalue weighted by Crippen LogP contribution is -2.24. The Kier molecular flexibility index (Phi) is 3.60. The number of carboxylic acids is 1. The highest BCUT2D eigenvalue weighted by molar-refractivity contribution is 5.80. The lowest BCUT2D eigenvalue weighted by atomic mass is 10.2. The summed E-state index contributed by atoms with van der Waals surface area (Å²) in [5, 5.41) is 8.57. The van der Waals surface area contributed by atoms with E-state index in [4.69, 9.17) is 5.11 Å². The molecule has 0 aliphatic carbocycles. The fourth-order valence-corrected chi connectivity index (χ4v) is 1.46. The minimum atomic E-state index is -1.01. The predicted octanol–water partition coefficient (Wildman–Crippen LogP) is 0.891. The van der Waals surface area contributed by atoms with Crippen LogP contribution >= 0.6 is 0 Å². The van der Waals surface area contributed by atoms with E-state index in [1.807, 2.05) is 0 Å². The number of aliphatic carboxylic acids is 1. The number of carboxylic acid groups (broad SMARTS) is 1. The van der Waals surface area contributed by atoms with Gasteiger partial charge in [-0.3, -0.25) is 9.36 Å². The molecular formula is C11H14N2O3. The number of allylic oxidation sites excluding steroid dienone is 1. The zero-order chi connectivity index (χ0) is 12.3. The SMILES string of the molecule is CC(=CC(=O)O)Cn1c(C)nc(C)cc1=O. The van der Waals surface area contributed by atoms with Crippen LogP contribution in [0, 0.1) is 13.8 Å². The van der Waals surface area contributed by atoms with E-state index >= 15 is 0 Å². The largest absolute Gasteiger partial charge is 0.478 e. The Morgan fingerprint density at radius 3 is 2.69 bits per heavy atom. The first kappa shape index (κ1) is 12.2. The minimum absolute atomic E-state index is 0.164. The van der Waals surface area contributed by atoms with Gasteiger partial charge in [0, 0.05) is 24.4 Å². The molecule has 1 heterocycles. The maximum absolute atomic E-state index is 11.6. The van der Waals surface area contributed by atoms with Crippen LogP contribution in [0.15, 0.2) is 22.5 Å². The molecule has 0 unspecified atom stereocenters. The average molecular weight is 222 g/mol. The maximum atomic E-state index is 11.6. The lowest BCUT2D eigenvalue weighted by molar-refractivity contribution is -0.131. The van der Waals surface area contributed by atoms with E-state index in [0.717, 1.165) is 6.08 Å². The molecule has 0 spiro atoms. The van der Waals surface area contributed by atoms with Gasteiger partial charge in [0.25, 0.3) is 5.56 Å². The van der Waals surface area contributed by atoms with Crippen LogP contribution in [-0.4, -0.2) is 20.6 Å². The second-order valence-corrected chi connectivity index (χ2v) is 3.70. The summed E-state index contributed by atoms with van der Waals surface area (Å²) in [6.07, 6.45) is 1.09. The topological polar surface area (TPSA) is 72.2 Å². The van der Waals surface area contributed by atoms with Crippen molar-refractivity contribution < 1.29 is 9.90 Å². The number of rotatable bonds is 3. The first-order valence-electron chi connectivity index (χ1n) is 4.85. The van der Waals surface area contributed by atoms with E-state index in [-0.39, 0.29) is 12.1 Å². The Bertz CT molecular complexity index is 500. The molecule has 1 aromatic heterocycles. The number of hydrogen-bond donors (Lipinski definition) is 1. The van der Waals surface area contributed by atoms with Crippen LogP contribution in [0.25, 0.3) is 0 Å². The first-order valence-corrected chi connectivity index (χ1v) is 4.85. The summed E-state index contributed by atoms with van der Waals surface area (Å²) in [5.41, 5.74) is 1.10. The van der Waals surface area contributed by atoms with Crippen LogP contribution in [0.4, 0.5) is 0 Å². The van der Waals surface area contributed by atoms with Crippen molar-refractivity contribution in [1.29, 1.82) is 0 Å². The second kappa shape index (κ2) is 4.74. The van der Waals surface area contributed by atoms with Gasteiger partial charge in [-0.2, -0.15) is 0 Å². The van der Waals surface area contributed by atoms with E-state index in [2.05, 4.69) is 4.98 Å². The molecular weight excluding hydrogens is 208 g/mol. The summed E-state index contributed by atoms with van der Waals surface area (Å²) in [6.45, 7) is 5.39. The van der Waals surface area contributed by atoms with Gasteiger partial charge in [0.1, 0.15) is 5.82 Å². The number of carbonyl (C=O) groups is 1. The number of nitrogens with zero attached hydrogens (tertiary/aromatic N) is 2. The van der Waals surface area contributed by atoms with Gasteiger partial charge < -0.3 is 5.11 Å². The fourth-order valence-electron chi connectivity index (χ4n) is 1.46. The Hall–Kier alpha value is -1.91. The van der Waals surface area contributed by atoms with E-state index in [1.165, 1.54) is 10.6 Å². The summed E-state index contributed by atoms with van der Waals surface area (Å²) in [5.74, 6) is -0.425. The highest BCUT2D eigenvalue weighted by Crippen LogP contribution is 2.00. The molecule has 0 amide bonds. The van der Waals surface area contributed by atoms with Gasteiger partial charge in [-0.1, -0.05) is 0 Å². The van der Waals surface area contributed by atoms with Gasteiger partial charge in [-0.15, -0.1) is 0 Å². The van der Waals surface area contributed by atoms with Crippen molar-refractivity contribution in [3.63, 3.8) is 0 Å². The molecule has 0 bridgehead atoms. The van der Waals surface area contributed by atoms with Crippen molar-refractivity contribution in [2.24, 2.45) is 0 Å². The number of hydrogen-bond acceptors (Lipinski definition) is 3. The van der Waals surface area contributed by atoms with Crippen LogP contribution in [0.3, 0.4) is 0 Å². The van der Waals surface area contributed by atoms with Crippen LogP contribution in [0.2, 0.25) is 0 Å². The summed E-state index contributed by atoms with van der Waals surface area (Å²) < 4.78 is 1.45. The molecule has 86 valence electrons. The van der Waals surface area contributed by atoms with Gasteiger partial charge >= 0.3 is 5.97 Å². The summed E-state index contributed by atoms with van der Waals surface area (Å²) >= 11 is 0. The molecule has 0 radical (unpaired) electrons. The van der Waals surface area contributed by atoms with Crippen LogP contribution in [0.1, 0.15) is 18.4 Å². The normalized spacial score (nSPS) is 11.6. The Labute approximate surface area is 93.1 Å². The van der Waals surface area contributed by atoms with Crippen molar-refractivity contribution in [3.05, 3.63) is 39.6 Å². The molecule has 0 aliphatic rings. The molecule has 1 rings (SSSR count). The highest BCUT2D eigenvalue weighted by atomic mass is 16.4. The number of aryl methyl sites for hydroxylation is 2. The third-order valence-corrected chi connectivity index (χ3v) is 2.10. The van der Waals surface area contributed by atoms with Crippen molar-refractivity contribution in [3.8, 4) is 0 Å². The smallest absolute Gasteiger partial charge is 0.328 e. The molecule has 0 aliphatic heterocycles. The molecule has 5 heteroatoms. The molecule has 1 aromatic rings. The summed E-state index contributed by atoms with van der Waals surface area (Å²) in [4.78, 5) is 26.2. The van der Waals surface area contributed by atoms with Crippen LogP contribution < -0.4 is 5.56 Å². The fraction of sp³-hybridized carbons (Fsp3) is 0.364. The van der Waals surface area contributed by atoms with Gasteiger partial charge in [-0.25, -0.2) is 9.78 Å². The van der Waals surface area contributed by atoms with Crippen molar-refractivity contribution in [1.82, 2.24) is 9.55 Å². The van der Waals surface area contributed by atoms with Crippen molar-refractivity contribution >= 4 is 5.97 Å². The van der Waals surface area contributed by atoms with Gasteiger partial charge in [0.05, 0.1) is 0 Å². The molecule has 0 saturated carbocycles. The lowest BCUT2D eigenvalue weighted by Gasteiger charge is -2.09. The van der Waals surface area contributed by atoms with Crippen LogP contribution in [-0.2, 0) is 11.3 Å². The Morgan fingerprint density at radius 2 is 2.19 bits per heavy atom. The third-order valence-electron chi connectivity index (χ3n) is 2.10. The maximum Gasteiger partial charge on any atom is 0.328 e. The van der Waals surface area contributed by atoms with Crippen molar-refractivity contribution in [2.75, 3.05) is 0 Å². The zero-order valence-electron chi connectivity index (χ0n) is 9.52. The highest BCUT2D eigenvalue weighted by Gasteiger charge is 2.04. The van der Waals surface area contributed by atoms with Gasteiger partial charge in [-0.05, 0) is 26.3 Å². The van der Waals surface area contributed by atoms with E-state index < -0.39 is 5.97 Å². The summed E-state index contributed by atoms with van der Waals surface area (Å²) in [6, 6.07) is 1.43. The van der Waals surface area contributed by atoms with Gasteiger partial charge in [0.2, 0.25) is 0 Å². The summed E-state index contributed by atoms with van der Waals surface area (Å²) in [7, 11) is 0. The quantitative estimate of drug-likeness (QED) is 0.771. The van der Waals surface area contributed by atoms with Crippen molar-refractivity contribution in [2.45, 2.75) is 27.3 Å². The molecule has 5 nitrogen and oxygen atoms in total. The third kappa shape index (κ3) is 3.05. The van der Waals surface area contributed by atoms with E-state index in [1.54, 1.807) is 20.8 Å². The standard InChI is InChI=1S/C11H14N2O3/c1-7(4-11(15)16)6-13-9(3)12-8(2)5-10(13)14/h4-5H,6H2,1-3H3,(H,15,16). The Morgan fingerprint density at radius 1 is 1.56 bits per heavy atom. The number of aromatic nitrogens is 2. The van der Waals surface area contributed by atoms with E-state index in [9.17, 15) is 9.59 Å². The van der Waals surface area contributed by atoms with E-state index in [0.29, 0.717) is 17.1 Å². The zero-order valence-corrected chi connectivity index (χ0v) is 9.52. The molecule has 0 atom stereocenters. The molecule has 1 N–H and O–H groups in total. The first-order chi connectivity index (χ1) is 7.40. The molecule has 0 fully saturated rings. The molecule has 16 heavy (non-hydrogen) atoms. The average Bonchev–Trinajstić information content (AvgIpc) is 2.09. The predicted molar refractivity (Wildman–Crippen MR) is 59.4 cm³/mol. The molecule has 0 saturated heterocycles. The minimum Gasteiger partial charge on any atom is -0.478 e. The monoisotopic (exact) mass is 222 g/mol. The molecule has 0 aromatic carbocycles. The van der Waals surface area contributed by atoms with Gasteiger partial charge in [0.15, 0.2) is 0 Å². The van der Waals surface area contributed by atoms with Crippen LogP contribution in [0.5, 0.6) is 0 Å².